The summed E-state index contributed by atoms with van der Waals surface area (Å²) >= 11 is 0. The third-order valence-electron chi connectivity index (χ3n) is 19.5. The lowest BCUT2D eigenvalue weighted by molar-refractivity contribution is -0.157. The van der Waals surface area contributed by atoms with Crippen molar-refractivity contribution in [2.24, 2.45) is 59.2 Å². The van der Waals surface area contributed by atoms with Gasteiger partial charge in [0.2, 0.25) is 47.3 Å². The summed E-state index contributed by atoms with van der Waals surface area (Å²) in [6.07, 6.45) is 0.0367. The van der Waals surface area contributed by atoms with Gasteiger partial charge in [-0.15, -0.1) is 0 Å². The third-order valence-corrected chi connectivity index (χ3v) is 19.5. The Bertz CT molecular complexity index is 2490. The fraction of sp³-hybridized carbons (Fsp3) is 0.843. The van der Waals surface area contributed by atoms with E-state index in [9.17, 15) is 38.7 Å². The second-order valence-corrected chi connectivity index (χ2v) is 29.9. The average molecular weight is 1300 g/mol. The van der Waals surface area contributed by atoms with E-state index >= 15 is 19.2 Å². The number of hydrogen-bond donors (Lipinski definition) is 2. The molecule has 8 amide bonds. The van der Waals surface area contributed by atoms with Crippen LogP contribution in [-0.4, -0.2) is 257 Å². The topological polar surface area (TPSA) is 249 Å². The van der Waals surface area contributed by atoms with Crippen molar-refractivity contribution in [3.63, 3.8) is 0 Å². The summed E-state index contributed by atoms with van der Waals surface area (Å²) in [6, 6.07) is -9.27. The molecule has 2 aliphatic rings. The number of carbonyl (C=O) groups excluding carboxylic acids is 11. The molecule has 2 rings (SSSR count). The van der Waals surface area contributed by atoms with Crippen LogP contribution in [0.5, 0.6) is 0 Å². The molecule has 2 saturated heterocycles. The van der Waals surface area contributed by atoms with Crippen LogP contribution in [0, 0.1) is 59.2 Å². The van der Waals surface area contributed by atoms with Gasteiger partial charge < -0.3 is 54.5 Å². The lowest BCUT2D eigenvalue weighted by Crippen LogP contribution is -2.62. The Morgan fingerprint density at radius 3 is 1.37 bits per heavy atom. The molecule has 0 aromatic rings. The molecule has 2 heterocycles. The van der Waals surface area contributed by atoms with Crippen LogP contribution in [-0.2, 0) is 52.7 Å². The number of aliphatic hydroxyl groups excluding tert-OH is 1. The Morgan fingerprint density at radius 2 is 0.891 bits per heavy atom. The SMILES string of the molecule is CC[C@H]1CC(=O)[C@@H]([C@H](O)[C@H](C)CCN2CCCN(C)CC2)N(C)C(=O)[C@@H](C(C)C)N(C)C(=O)[C@@H](CC(C)C)N(C)C(=O)[C@@H](CC(C)C)N(C)C(=O)[C@H](C)NC(=O)[C@@H](C)CC(=O)[C@@H](CC(C)C)N(C)C(=O)[C@@H](C(C)C)CC(=O)[C@H](CC(C)C)N(C)C(=O)[C@@H](C)N(C)C1=O. The number of nitrogens with one attached hydrogen (secondary N) is 1. The van der Waals surface area contributed by atoms with Crippen molar-refractivity contribution in [2.75, 3.05) is 89.1 Å². The second-order valence-electron chi connectivity index (χ2n) is 29.9. The normalized spacial score (nSPS) is 28.3. The van der Waals surface area contributed by atoms with E-state index in [1.807, 2.05) is 76.2 Å². The van der Waals surface area contributed by atoms with Crippen molar-refractivity contribution in [2.45, 2.75) is 236 Å². The summed E-state index contributed by atoms with van der Waals surface area (Å²) in [7, 11) is 12.5. The zero-order chi connectivity index (χ0) is 70.8. The highest BCUT2D eigenvalue weighted by Gasteiger charge is 2.46. The monoisotopic (exact) mass is 1300 g/mol. The summed E-state index contributed by atoms with van der Waals surface area (Å²) < 4.78 is 0. The van der Waals surface area contributed by atoms with Crippen LogP contribution in [0.25, 0.3) is 0 Å². The zero-order valence-electron chi connectivity index (χ0n) is 61.5. The van der Waals surface area contributed by atoms with Crippen molar-refractivity contribution in [1.82, 2.24) is 49.4 Å². The fourth-order valence-electron chi connectivity index (χ4n) is 13.1. The van der Waals surface area contributed by atoms with Crippen LogP contribution in [0.4, 0.5) is 0 Å². The maximum absolute atomic E-state index is 15.5. The number of hydrogen-bond acceptors (Lipinski definition) is 14. The van der Waals surface area contributed by atoms with E-state index in [1.54, 1.807) is 34.6 Å². The maximum Gasteiger partial charge on any atom is 0.246 e. The third kappa shape index (κ3) is 23.0. The van der Waals surface area contributed by atoms with Gasteiger partial charge in [0.15, 0.2) is 17.3 Å². The molecule has 0 unspecified atom stereocenters. The van der Waals surface area contributed by atoms with Crippen LogP contribution >= 0.6 is 0 Å². The van der Waals surface area contributed by atoms with Crippen molar-refractivity contribution < 1.29 is 57.8 Å². The first kappa shape index (κ1) is 82.7. The number of rotatable bonds is 16. The predicted molar refractivity (Wildman–Crippen MR) is 360 cm³/mol. The lowest BCUT2D eigenvalue weighted by Gasteiger charge is -2.42. The summed E-state index contributed by atoms with van der Waals surface area (Å²) in [4.78, 5) is 177. The average Bonchev–Trinajstić information content (AvgIpc) is 0.859. The van der Waals surface area contributed by atoms with Gasteiger partial charge in [-0.2, -0.15) is 0 Å². The fourth-order valence-corrected chi connectivity index (χ4v) is 13.1. The van der Waals surface area contributed by atoms with Crippen LogP contribution in [0.1, 0.15) is 182 Å². The predicted octanol–water partition coefficient (Wildman–Crippen LogP) is 5.99. The molecule has 22 heteroatoms. The molecule has 0 saturated carbocycles. The summed E-state index contributed by atoms with van der Waals surface area (Å²) in [5, 5.41) is 15.3. The first-order valence-electron chi connectivity index (χ1n) is 34.4. The molecule has 13 atom stereocenters. The second kappa shape index (κ2) is 37.7. The van der Waals surface area contributed by atoms with E-state index in [1.165, 1.54) is 90.6 Å². The number of likely N-dealkylation sites (N-methyl/N-ethyl adjacent to an activating group) is 8. The Balaban J connectivity index is 3.01. The molecule has 2 N–H and O–H groups in total. The molecule has 0 aromatic carbocycles. The molecule has 92 heavy (non-hydrogen) atoms. The molecule has 2 fully saturated rings. The Hall–Kier alpha value is -5.35. The molecule has 0 radical (unpaired) electrons. The van der Waals surface area contributed by atoms with Gasteiger partial charge >= 0.3 is 0 Å². The minimum Gasteiger partial charge on any atom is -0.390 e. The maximum atomic E-state index is 15.5. The van der Waals surface area contributed by atoms with Gasteiger partial charge in [-0.25, -0.2) is 0 Å². The Labute approximate surface area is 554 Å². The van der Waals surface area contributed by atoms with Gasteiger partial charge in [0.05, 0.1) is 18.2 Å². The van der Waals surface area contributed by atoms with Gasteiger partial charge in [-0.3, -0.25) is 52.7 Å². The highest BCUT2D eigenvalue weighted by Crippen LogP contribution is 2.30. The first-order valence-corrected chi connectivity index (χ1v) is 34.4. The van der Waals surface area contributed by atoms with Crippen molar-refractivity contribution in [1.29, 1.82) is 0 Å². The summed E-state index contributed by atoms with van der Waals surface area (Å²) in [5.74, 6) is -10.7. The Kier molecular flexibility index (Phi) is 33.9. The number of carbonyl (C=O) groups is 11. The van der Waals surface area contributed by atoms with E-state index in [0.29, 0.717) is 13.0 Å². The lowest BCUT2D eigenvalue weighted by atomic mass is 9.84. The quantitative estimate of drug-likeness (QED) is 0.180. The minimum absolute atomic E-state index is 0.0687. The summed E-state index contributed by atoms with van der Waals surface area (Å²) in [5.41, 5.74) is 0. The van der Waals surface area contributed by atoms with Crippen molar-refractivity contribution in [3.8, 4) is 0 Å². The number of aliphatic hydroxyl groups is 1. The standard InChI is InChI=1S/C70H126N10O12/c1-26-51-39-59(83)61(62(84)47(14)28-31-80-30-27-29-72(18)32-33-80)79(25)70(92)60(46(12)13)78(24)69(91)56(37-44(8)9)77(23)68(90)55(36-43(6)7)76(22)64(86)49(16)71-63(85)48(15)38-57(81)53(34-41(2)3)75(21)67(89)52(45(10)11)40-58(82)54(35-42(4)5)74(20)65(87)50(17)73(19)66(51)88/h41-56,60-62,84H,26-40H2,1-25H3,(H,71,85)/t47-,48+,49+,50-,51+,52-,53-,54+,55-,56-,60-,61+,62-/m1/s1. The van der Waals surface area contributed by atoms with Crippen LogP contribution < -0.4 is 5.32 Å². The first-order chi connectivity index (χ1) is 42.5. The molecule has 0 spiro atoms. The molecule has 528 valence electrons. The van der Waals surface area contributed by atoms with Gasteiger partial charge in [-0.05, 0) is 127 Å². The highest BCUT2D eigenvalue weighted by atomic mass is 16.3. The van der Waals surface area contributed by atoms with Gasteiger partial charge in [-0.1, -0.05) is 104 Å². The smallest absolute Gasteiger partial charge is 0.246 e. The van der Waals surface area contributed by atoms with E-state index < -0.39 is 143 Å². The molecule has 0 aromatic heterocycles. The van der Waals surface area contributed by atoms with Crippen LogP contribution in [0.15, 0.2) is 0 Å². The molecule has 22 nitrogen and oxygen atoms in total. The minimum atomic E-state index is -1.49. The molecule has 2 aliphatic heterocycles. The molecular formula is C70H126N10O12. The van der Waals surface area contributed by atoms with Crippen LogP contribution in [0.2, 0.25) is 0 Å². The number of ketones is 3. The van der Waals surface area contributed by atoms with Crippen LogP contribution in [0.3, 0.4) is 0 Å². The van der Waals surface area contributed by atoms with E-state index in [2.05, 4.69) is 22.2 Å². The molecule has 0 bridgehead atoms. The number of amides is 8. The zero-order valence-corrected chi connectivity index (χ0v) is 61.5. The molecular weight excluding hydrogens is 1170 g/mol. The van der Waals surface area contributed by atoms with Crippen molar-refractivity contribution in [3.05, 3.63) is 0 Å². The highest BCUT2D eigenvalue weighted by molar-refractivity contribution is 6.00. The van der Waals surface area contributed by atoms with Gasteiger partial charge in [0, 0.05) is 99.4 Å². The van der Waals surface area contributed by atoms with Crippen molar-refractivity contribution >= 4 is 64.6 Å². The number of nitrogens with zero attached hydrogens (tertiary/aromatic N) is 9. The van der Waals surface area contributed by atoms with Gasteiger partial charge in [0.25, 0.3) is 0 Å². The van der Waals surface area contributed by atoms with E-state index in [0.717, 1.165) is 32.6 Å². The summed E-state index contributed by atoms with van der Waals surface area (Å²) in [6.45, 7) is 34.7. The van der Waals surface area contributed by atoms with Gasteiger partial charge in [0.1, 0.15) is 36.3 Å². The Morgan fingerprint density at radius 1 is 0.446 bits per heavy atom. The number of Topliss-reactive ketones (excluding diaryl/α,β-unsaturated/α-hetero) is 3. The van der Waals surface area contributed by atoms with E-state index in [-0.39, 0.29) is 86.1 Å². The van der Waals surface area contributed by atoms with E-state index in [4.69, 9.17) is 0 Å². The molecule has 0 aliphatic carbocycles. The largest absolute Gasteiger partial charge is 0.390 e.